The van der Waals surface area contributed by atoms with E-state index in [1.54, 1.807) is 24.0 Å². The molecule has 1 fully saturated rings. The van der Waals surface area contributed by atoms with Gasteiger partial charge in [0.25, 0.3) is 5.91 Å². The summed E-state index contributed by atoms with van der Waals surface area (Å²) in [5.41, 5.74) is 0.809. The highest BCUT2D eigenvalue weighted by Gasteiger charge is 2.46. The van der Waals surface area contributed by atoms with Gasteiger partial charge in [0.05, 0.1) is 11.6 Å². The molecule has 1 aromatic carbocycles. The second-order valence-electron chi connectivity index (χ2n) is 6.14. The Morgan fingerprint density at radius 2 is 1.87 bits per heavy atom. The van der Waals surface area contributed by atoms with Gasteiger partial charge < -0.3 is 10.0 Å². The molecule has 1 saturated carbocycles. The van der Waals surface area contributed by atoms with Crippen molar-refractivity contribution in [1.29, 1.82) is 0 Å². The number of benzene rings is 1. The summed E-state index contributed by atoms with van der Waals surface area (Å²) in [7, 11) is 0. The molecule has 3 rings (SSSR count). The van der Waals surface area contributed by atoms with Crippen LogP contribution in [0.5, 0.6) is 0 Å². The normalized spacial score (nSPS) is 22.3. The van der Waals surface area contributed by atoms with Gasteiger partial charge in [0.2, 0.25) is 0 Å². The standard InChI is InChI=1S/C18H20FNO3/c1-2-14(21)15-16(11-7-9-12(19)10-8-11)20(18(23)17(15)22)13-5-3-4-6-13/h7-10,13,16,22H,2-6H2,1H3. The molecule has 0 saturated heterocycles. The molecule has 122 valence electrons. The van der Waals surface area contributed by atoms with Gasteiger partial charge in [0.1, 0.15) is 5.82 Å². The number of hydrogen-bond acceptors (Lipinski definition) is 3. The third kappa shape index (κ3) is 2.64. The van der Waals surface area contributed by atoms with E-state index in [1.165, 1.54) is 12.1 Å². The quantitative estimate of drug-likeness (QED) is 0.925. The smallest absolute Gasteiger partial charge is 0.290 e. The molecule has 1 aromatic rings. The summed E-state index contributed by atoms with van der Waals surface area (Å²) in [6, 6.07) is 5.19. The second kappa shape index (κ2) is 6.14. The number of rotatable bonds is 4. The monoisotopic (exact) mass is 317 g/mol. The topological polar surface area (TPSA) is 57.6 Å². The minimum absolute atomic E-state index is 0.0156. The molecule has 2 aliphatic rings. The van der Waals surface area contributed by atoms with Crippen molar-refractivity contribution in [1.82, 2.24) is 4.90 Å². The predicted molar refractivity (Wildman–Crippen MR) is 83.2 cm³/mol. The summed E-state index contributed by atoms with van der Waals surface area (Å²) < 4.78 is 13.2. The number of aliphatic hydroxyl groups is 1. The van der Waals surface area contributed by atoms with Gasteiger partial charge in [-0.3, -0.25) is 9.59 Å². The maximum atomic E-state index is 13.2. The molecule has 1 amide bonds. The highest BCUT2D eigenvalue weighted by Crippen LogP contribution is 2.42. The van der Waals surface area contributed by atoms with Crippen LogP contribution in [-0.4, -0.2) is 27.7 Å². The van der Waals surface area contributed by atoms with Crippen LogP contribution in [0.25, 0.3) is 0 Å². The van der Waals surface area contributed by atoms with E-state index in [0.29, 0.717) is 5.56 Å². The van der Waals surface area contributed by atoms with Gasteiger partial charge in [0.15, 0.2) is 11.5 Å². The number of halogens is 1. The van der Waals surface area contributed by atoms with Gasteiger partial charge in [-0.25, -0.2) is 4.39 Å². The van der Waals surface area contributed by atoms with Crippen molar-refractivity contribution >= 4 is 11.7 Å². The van der Waals surface area contributed by atoms with Crippen LogP contribution < -0.4 is 0 Å². The fourth-order valence-corrected chi connectivity index (χ4v) is 3.63. The number of amides is 1. The summed E-state index contributed by atoms with van der Waals surface area (Å²) >= 11 is 0. The zero-order chi connectivity index (χ0) is 16.6. The summed E-state index contributed by atoms with van der Waals surface area (Å²) in [5.74, 6) is -1.55. The van der Waals surface area contributed by atoms with Crippen molar-refractivity contribution in [3.8, 4) is 0 Å². The average molecular weight is 317 g/mol. The molecule has 23 heavy (non-hydrogen) atoms. The van der Waals surface area contributed by atoms with Gasteiger partial charge in [-0.2, -0.15) is 0 Å². The van der Waals surface area contributed by atoms with Gasteiger partial charge in [-0.1, -0.05) is 31.9 Å². The van der Waals surface area contributed by atoms with Gasteiger partial charge in [-0.05, 0) is 30.5 Å². The van der Waals surface area contributed by atoms with E-state index in [2.05, 4.69) is 0 Å². The number of carbonyl (C=O) groups excluding carboxylic acids is 2. The lowest BCUT2D eigenvalue weighted by atomic mass is 9.94. The summed E-state index contributed by atoms with van der Waals surface area (Å²) in [4.78, 5) is 26.5. The van der Waals surface area contributed by atoms with Crippen molar-refractivity contribution in [2.75, 3.05) is 0 Å². The molecule has 1 unspecified atom stereocenters. The Hall–Kier alpha value is -2.17. The largest absolute Gasteiger partial charge is 0.503 e. The minimum atomic E-state index is -0.612. The molecular formula is C18H20FNO3. The lowest BCUT2D eigenvalue weighted by molar-refractivity contribution is -0.131. The van der Waals surface area contributed by atoms with Crippen molar-refractivity contribution in [3.63, 3.8) is 0 Å². The lowest BCUT2D eigenvalue weighted by Crippen LogP contribution is -2.38. The Kier molecular flexibility index (Phi) is 4.20. The first-order valence-electron chi connectivity index (χ1n) is 8.09. The van der Waals surface area contributed by atoms with Crippen molar-refractivity contribution < 1.29 is 19.1 Å². The molecule has 0 aromatic heterocycles. The highest BCUT2D eigenvalue weighted by molar-refractivity contribution is 6.09. The third-order valence-corrected chi connectivity index (χ3v) is 4.77. The summed E-state index contributed by atoms with van der Waals surface area (Å²) in [6.07, 6.45) is 4.00. The molecule has 1 atom stereocenters. The van der Waals surface area contributed by atoms with E-state index in [9.17, 15) is 19.1 Å². The lowest BCUT2D eigenvalue weighted by Gasteiger charge is -2.32. The molecule has 0 bridgehead atoms. The van der Waals surface area contributed by atoms with Crippen LogP contribution in [0.1, 0.15) is 50.6 Å². The van der Waals surface area contributed by atoms with Crippen LogP contribution in [0, 0.1) is 5.82 Å². The number of carbonyl (C=O) groups is 2. The first-order chi connectivity index (χ1) is 11.0. The third-order valence-electron chi connectivity index (χ3n) is 4.77. The predicted octanol–water partition coefficient (Wildman–Crippen LogP) is 3.44. The number of ketones is 1. The Balaban J connectivity index is 2.07. The van der Waals surface area contributed by atoms with E-state index in [4.69, 9.17) is 0 Å². The SMILES string of the molecule is CCC(=O)C1=C(O)C(=O)N(C2CCCC2)C1c1ccc(F)cc1. The van der Waals surface area contributed by atoms with E-state index >= 15 is 0 Å². The molecular weight excluding hydrogens is 297 g/mol. The fourth-order valence-electron chi connectivity index (χ4n) is 3.63. The Bertz CT molecular complexity index is 659. The maximum absolute atomic E-state index is 13.2. The van der Waals surface area contributed by atoms with Gasteiger partial charge in [0, 0.05) is 12.5 Å². The van der Waals surface area contributed by atoms with Crippen LogP contribution in [0.2, 0.25) is 0 Å². The average Bonchev–Trinajstić information content (AvgIpc) is 3.15. The summed E-state index contributed by atoms with van der Waals surface area (Å²) in [5, 5.41) is 10.3. The molecule has 1 aliphatic heterocycles. The second-order valence-corrected chi connectivity index (χ2v) is 6.14. The highest BCUT2D eigenvalue weighted by atomic mass is 19.1. The molecule has 1 aliphatic carbocycles. The Labute approximate surface area is 134 Å². The zero-order valence-electron chi connectivity index (χ0n) is 13.1. The number of Topliss-reactive ketones (excluding diaryl/α,β-unsaturated/α-hetero) is 1. The number of nitrogens with zero attached hydrogens (tertiary/aromatic N) is 1. The Morgan fingerprint density at radius 3 is 2.43 bits per heavy atom. The van der Waals surface area contributed by atoms with Crippen LogP contribution in [-0.2, 0) is 9.59 Å². The molecule has 5 heteroatoms. The van der Waals surface area contributed by atoms with Gasteiger partial charge in [-0.15, -0.1) is 0 Å². The van der Waals surface area contributed by atoms with Crippen molar-refractivity contribution in [3.05, 3.63) is 47.0 Å². The van der Waals surface area contributed by atoms with Crippen LogP contribution in [0.15, 0.2) is 35.6 Å². The number of aliphatic hydroxyl groups excluding tert-OH is 1. The zero-order valence-corrected chi connectivity index (χ0v) is 13.1. The van der Waals surface area contributed by atoms with E-state index in [0.717, 1.165) is 25.7 Å². The summed E-state index contributed by atoms with van der Waals surface area (Å²) in [6.45, 7) is 1.70. The molecule has 0 radical (unpaired) electrons. The number of hydrogen-bond donors (Lipinski definition) is 1. The van der Waals surface area contributed by atoms with Crippen molar-refractivity contribution in [2.24, 2.45) is 0 Å². The van der Waals surface area contributed by atoms with Crippen LogP contribution >= 0.6 is 0 Å². The molecule has 4 nitrogen and oxygen atoms in total. The van der Waals surface area contributed by atoms with Crippen LogP contribution in [0.4, 0.5) is 4.39 Å². The van der Waals surface area contributed by atoms with Crippen molar-refractivity contribution in [2.45, 2.75) is 51.1 Å². The Morgan fingerprint density at radius 1 is 1.26 bits per heavy atom. The van der Waals surface area contributed by atoms with E-state index < -0.39 is 17.7 Å². The first-order valence-corrected chi connectivity index (χ1v) is 8.09. The van der Waals surface area contributed by atoms with Crippen LogP contribution in [0.3, 0.4) is 0 Å². The molecule has 0 spiro atoms. The van der Waals surface area contributed by atoms with E-state index in [1.807, 2.05) is 0 Å². The van der Waals surface area contributed by atoms with E-state index in [-0.39, 0.29) is 29.6 Å². The first kappa shape index (κ1) is 15.7. The minimum Gasteiger partial charge on any atom is -0.503 e. The fraction of sp³-hybridized carbons (Fsp3) is 0.444. The maximum Gasteiger partial charge on any atom is 0.290 e. The molecule has 1 heterocycles. The molecule has 1 N–H and O–H groups in total. The van der Waals surface area contributed by atoms with Gasteiger partial charge >= 0.3 is 0 Å².